The number of aryl methyl sites for hydroxylation is 2. The lowest BCUT2D eigenvalue weighted by atomic mass is 9.86. The molecule has 0 spiro atoms. The quantitative estimate of drug-likeness (QED) is 0.474. The first-order valence-electron chi connectivity index (χ1n) is 11.1. The minimum Gasteiger partial charge on any atom is -0.461 e. The molecule has 6 nitrogen and oxygen atoms in total. The van der Waals surface area contributed by atoms with Crippen LogP contribution in [0, 0.1) is 19.7 Å². The van der Waals surface area contributed by atoms with Gasteiger partial charge in [0.05, 0.1) is 16.9 Å². The largest absolute Gasteiger partial charge is 0.461 e. The summed E-state index contributed by atoms with van der Waals surface area (Å²) in [5.41, 5.74) is 3.60. The molecule has 0 bridgehead atoms. The number of aromatic nitrogens is 2. The van der Waals surface area contributed by atoms with Crippen LogP contribution in [0.5, 0.6) is 0 Å². The van der Waals surface area contributed by atoms with Crippen molar-refractivity contribution in [3.05, 3.63) is 65.1 Å². The molecule has 4 aromatic rings. The van der Waals surface area contributed by atoms with Gasteiger partial charge >= 0.3 is 0 Å². The molecule has 1 fully saturated rings. The summed E-state index contributed by atoms with van der Waals surface area (Å²) in [6, 6.07) is 7.20. The van der Waals surface area contributed by atoms with Crippen LogP contribution in [0.2, 0.25) is 0 Å². The number of rotatable bonds is 4. The third kappa shape index (κ3) is 3.66. The van der Waals surface area contributed by atoms with Gasteiger partial charge in [-0.2, -0.15) is 0 Å². The summed E-state index contributed by atoms with van der Waals surface area (Å²) < 4.78 is 22.0. The maximum absolute atomic E-state index is 14.4. The molecule has 4 heterocycles. The van der Waals surface area contributed by atoms with Crippen LogP contribution in [0.1, 0.15) is 53.1 Å². The van der Waals surface area contributed by atoms with Gasteiger partial charge < -0.3 is 19.0 Å². The maximum atomic E-state index is 14.4. The summed E-state index contributed by atoms with van der Waals surface area (Å²) in [6.45, 7) is 9.15. The van der Waals surface area contributed by atoms with Gasteiger partial charge in [0.1, 0.15) is 11.3 Å². The topological polar surface area (TPSA) is 62.8 Å². The Morgan fingerprint density at radius 2 is 2.00 bits per heavy atom. The highest BCUT2D eigenvalue weighted by molar-refractivity contribution is 6.12. The van der Waals surface area contributed by atoms with Gasteiger partial charge in [0, 0.05) is 23.8 Å². The predicted molar refractivity (Wildman–Crippen MR) is 123 cm³/mol. The van der Waals surface area contributed by atoms with E-state index in [0.29, 0.717) is 28.4 Å². The highest BCUT2D eigenvalue weighted by Crippen LogP contribution is 2.36. The molecular formula is C25H27FN4O2. The number of amides is 1. The molecule has 7 heteroatoms. The molecule has 0 unspecified atom stereocenters. The van der Waals surface area contributed by atoms with Crippen molar-refractivity contribution in [2.24, 2.45) is 0 Å². The zero-order valence-electron chi connectivity index (χ0n) is 18.6. The van der Waals surface area contributed by atoms with Crippen LogP contribution in [-0.4, -0.2) is 39.8 Å². The number of piperidine rings is 1. The number of imidazole rings is 1. The van der Waals surface area contributed by atoms with Gasteiger partial charge in [0.2, 0.25) is 0 Å². The fraction of sp³-hybridized carbons (Fsp3) is 0.360. The molecule has 1 N–H and O–H groups in total. The Hall–Kier alpha value is -3.19. The standard InChI is InChI=1S/C25H27FN4O2/c1-4-29-9-7-17(8-10-29)19-5-6-20(23-21(19)11-16(3)32-23)25(31)28-18-12-22(26)24-27-15(2)13-30(24)14-18/h5-6,11-14,17H,4,7-10H2,1-3H3,(H,28,31). The molecule has 0 radical (unpaired) electrons. The summed E-state index contributed by atoms with van der Waals surface area (Å²) in [7, 11) is 0. The van der Waals surface area contributed by atoms with E-state index >= 15 is 0 Å². The Kier molecular flexibility index (Phi) is 5.21. The Bertz CT molecular complexity index is 1310. The minimum absolute atomic E-state index is 0.239. The van der Waals surface area contributed by atoms with Gasteiger partial charge in [0.25, 0.3) is 5.91 Å². The number of nitrogens with zero attached hydrogens (tertiary/aromatic N) is 3. The Morgan fingerprint density at radius 1 is 1.22 bits per heavy atom. The normalized spacial score (nSPS) is 15.6. The third-order valence-corrected chi connectivity index (χ3v) is 6.44. The second kappa shape index (κ2) is 8.06. The van der Waals surface area contributed by atoms with E-state index < -0.39 is 5.82 Å². The molecule has 1 aliphatic heterocycles. The summed E-state index contributed by atoms with van der Waals surface area (Å²) in [6.07, 6.45) is 5.59. The number of nitrogens with one attached hydrogen (secondary N) is 1. The Labute approximate surface area is 186 Å². The van der Waals surface area contributed by atoms with E-state index in [1.54, 1.807) is 23.7 Å². The fourth-order valence-corrected chi connectivity index (χ4v) is 4.81. The number of furan rings is 1. The molecule has 3 aromatic heterocycles. The van der Waals surface area contributed by atoms with Gasteiger partial charge in [-0.15, -0.1) is 0 Å². The number of hydrogen-bond acceptors (Lipinski definition) is 4. The zero-order valence-corrected chi connectivity index (χ0v) is 18.6. The molecule has 1 saturated heterocycles. The highest BCUT2D eigenvalue weighted by Gasteiger charge is 2.24. The molecule has 0 atom stereocenters. The van der Waals surface area contributed by atoms with E-state index in [1.165, 1.54) is 11.6 Å². The van der Waals surface area contributed by atoms with E-state index in [0.717, 1.165) is 43.6 Å². The van der Waals surface area contributed by atoms with Crippen molar-refractivity contribution >= 4 is 28.2 Å². The Morgan fingerprint density at radius 3 is 2.75 bits per heavy atom. The summed E-state index contributed by atoms with van der Waals surface area (Å²) in [5.74, 6) is 0.417. The van der Waals surface area contributed by atoms with Gasteiger partial charge in [-0.25, -0.2) is 9.37 Å². The second-order valence-corrected chi connectivity index (χ2v) is 8.65. The van der Waals surface area contributed by atoms with Crippen LogP contribution in [0.4, 0.5) is 10.1 Å². The first-order chi connectivity index (χ1) is 15.4. The van der Waals surface area contributed by atoms with Crippen LogP contribution >= 0.6 is 0 Å². The highest BCUT2D eigenvalue weighted by atomic mass is 19.1. The summed E-state index contributed by atoms with van der Waals surface area (Å²) in [5, 5.41) is 3.82. The van der Waals surface area contributed by atoms with Crippen molar-refractivity contribution in [1.82, 2.24) is 14.3 Å². The average molecular weight is 435 g/mol. The smallest absolute Gasteiger partial charge is 0.259 e. The molecule has 166 valence electrons. The number of fused-ring (bicyclic) bond motifs is 2. The van der Waals surface area contributed by atoms with Gasteiger partial charge in [-0.05, 0) is 69.9 Å². The lowest BCUT2D eigenvalue weighted by Crippen LogP contribution is -2.32. The zero-order chi connectivity index (χ0) is 22.4. The van der Waals surface area contributed by atoms with E-state index in [2.05, 4.69) is 28.2 Å². The van der Waals surface area contributed by atoms with Crippen LogP contribution in [-0.2, 0) is 0 Å². The van der Waals surface area contributed by atoms with Crippen molar-refractivity contribution in [3.63, 3.8) is 0 Å². The third-order valence-electron chi connectivity index (χ3n) is 6.44. The number of carbonyl (C=O) groups excluding carboxylic acids is 1. The van der Waals surface area contributed by atoms with Crippen LogP contribution in [0.25, 0.3) is 16.6 Å². The molecule has 0 aliphatic carbocycles. The van der Waals surface area contributed by atoms with E-state index in [1.807, 2.05) is 19.1 Å². The summed E-state index contributed by atoms with van der Waals surface area (Å²) >= 11 is 0. The van der Waals surface area contributed by atoms with Crippen LogP contribution in [0.15, 0.2) is 41.1 Å². The SMILES string of the molecule is CCN1CCC(c2ccc(C(=O)Nc3cc(F)c4nc(C)cn4c3)c3oc(C)cc23)CC1. The molecule has 1 aliphatic rings. The van der Waals surface area contributed by atoms with E-state index in [-0.39, 0.29) is 11.6 Å². The number of pyridine rings is 1. The molecule has 0 saturated carbocycles. The second-order valence-electron chi connectivity index (χ2n) is 8.65. The number of anilines is 1. The van der Waals surface area contributed by atoms with Crippen LogP contribution < -0.4 is 5.32 Å². The van der Waals surface area contributed by atoms with Gasteiger partial charge in [-0.3, -0.25) is 4.79 Å². The molecule has 32 heavy (non-hydrogen) atoms. The average Bonchev–Trinajstić information content (AvgIpc) is 3.34. The van der Waals surface area contributed by atoms with E-state index in [9.17, 15) is 9.18 Å². The van der Waals surface area contributed by atoms with Gasteiger partial charge in [0.15, 0.2) is 11.5 Å². The fourth-order valence-electron chi connectivity index (χ4n) is 4.81. The molecule has 1 aromatic carbocycles. The van der Waals surface area contributed by atoms with Crippen molar-refractivity contribution in [3.8, 4) is 0 Å². The number of hydrogen-bond donors (Lipinski definition) is 1. The number of halogens is 1. The van der Waals surface area contributed by atoms with Crippen molar-refractivity contribution in [2.45, 2.75) is 39.5 Å². The monoisotopic (exact) mass is 434 g/mol. The minimum atomic E-state index is -0.483. The van der Waals surface area contributed by atoms with Crippen molar-refractivity contribution in [1.29, 1.82) is 0 Å². The number of carbonyl (C=O) groups is 1. The Balaban J connectivity index is 1.46. The first-order valence-corrected chi connectivity index (χ1v) is 11.1. The van der Waals surface area contributed by atoms with Crippen molar-refractivity contribution < 1.29 is 13.6 Å². The maximum Gasteiger partial charge on any atom is 0.259 e. The number of likely N-dealkylation sites (tertiary alicyclic amines) is 1. The van der Waals surface area contributed by atoms with Crippen LogP contribution in [0.3, 0.4) is 0 Å². The first kappa shape index (κ1) is 20.7. The predicted octanol–water partition coefficient (Wildman–Crippen LogP) is 5.29. The van der Waals surface area contributed by atoms with E-state index in [4.69, 9.17) is 4.42 Å². The lowest BCUT2D eigenvalue weighted by Gasteiger charge is -2.31. The van der Waals surface area contributed by atoms with Gasteiger partial charge in [-0.1, -0.05) is 13.0 Å². The molecular weight excluding hydrogens is 407 g/mol. The molecule has 5 rings (SSSR count). The lowest BCUT2D eigenvalue weighted by molar-refractivity contribution is 0.102. The molecule has 1 amide bonds. The van der Waals surface area contributed by atoms with Crippen molar-refractivity contribution in [2.75, 3.05) is 25.0 Å². The summed E-state index contributed by atoms with van der Waals surface area (Å²) in [4.78, 5) is 19.8. The number of benzene rings is 1.